The van der Waals surface area contributed by atoms with Crippen LogP contribution in [0.15, 0.2) is 24.4 Å². The van der Waals surface area contributed by atoms with Crippen LogP contribution in [0.3, 0.4) is 0 Å². The molecule has 1 aromatic heterocycles. The zero-order valence-electron chi connectivity index (χ0n) is 8.36. The largest absolute Gasteiger partial charge is 0.504 e. The van der Waals surface area contributed by atoms with Crippen LogP contribution in [0.5, 0.6) is 11.5 Å². The van der Waals surface area contributed by atoms with Gasteiger partial charge in [-0.3, -0.25) is 0 Å². The lowest BCUT2D eigenvalue weighted by atomic mass is 10.1. The molecule has 0 aliphatic rings. The third-order valence-electron chi connectivity index (χ3n) is 2.17. The summed E-state index contributed by atoms with van der Waals surface area (Å²) in [6.45, 7) is 1.94. The SMILES string of the molecule is Cc1cnc(Cc2ccc(O)c(O)c2)[nH]1. The number of rotatable bonds is 2. The Balaban J connectivity index is 2.21. The van der Waals surface area contributed by atoms with Gasteiger partial charge in [0, 0.05) is 18.3 Å². The highest BCUT2D eigenvalue weighted by Gasteiger charge is 2.03. The van der Waals surface area contributed by atoms with Crippen LogP contribution in [0.4, 0.5) is 0 Å². The average Bonchev–Trinajstić information content (AvgIpc) is 2.58. The predicted molar refractivity (Wildman–Crippen MR) is 55.9 cm³/mol. The van der Waals surface area contributed by atoms with E-state index in [1.54, 1.807) is 12.3 Å². The molecule has 0 aliphatic carbocycles. The van der Waals surface area contributed by atoms with Crippen molar-refractivity contribution in [2.45, 2.75) is 13.3 Å². The molecule has 0 unspecified atom stereocenters. The Hall–Kier alpha value is -1.97. The lowest BCUT2D eigenvalue weighted by molar-refractivity contribution is 0.403. The topological polar surface area (TPSA) is 69.1 Å². The van der Waals surface area contributed by atoms with E-state index in [4.69, 9.17) is 5.11 Å². The van der Waals surface area contributed by atoms with Crippen LogP contribution in [-0.4, -0.2) is 20.2 Å². The molecule has 3 N–H and O–H groups in total. The Morgan fingerprint density at radius 1 is 1.27 bits per heavy atom. The van der Waals surface area contributed by atoms with Crippen molar-refractivity contribution in [1.82, 2.24) is 9.97 Å². The number of aryl methyl sites for hydroxylation is 1. The average molecular weight is 204 g/mol. The van der Waals surface area contributed by atoms with Crippen LogP contribution in [0, 0.1) is 6.92 Å². The van der Waals surface area contributed by atoms with Crippen LogP contribution < -0.4 is 0 Å². The van der Waals surface area contributed by atoms with Gasteiger partial charge in [0.15, 0.2) is 11.5 Å². The first-order valence-corrected chi connectivity index (χ1v) is 4.66. The van der Waals surface area contributed by atoms with E-state index < -0.39 is 0 Å². The molecule has 1 aromatic carbocycles. The van der Waals surface area contributed by atoms with E-state index in [9.17, 15) is 5.11 Å². The number of nitrogens with zero attached hydrogens (tertiary/aromatic N) is 1. The van der Waals surface area contributed by atoms with Crippen molar-refractivity contribution in [1.29, 1.82) is 0 Å². The van der Waals surface area contributed by atoms with Crippen molar-refractivity contribution in [3.8, 4) is 11.5 Å². The van der Waals surface area contributed by atoms with Crippen LogP contribution in [0.1, 0.15) is 17.1 Å². The van der Waals surface area contributed by atoms with Crippen molar-refractivity contribution >= 4 is 0 Å². The molecule has 0 aliphatic heterocycles. The van der Waals surface area contributed by atoms with Gasteiger partial charge in [0.25, 0.3) is 0 Å². The fourth-order valence-corrected chi connectivity index (χ4v) is 1.43. The molecule has 0 amide bonds. The normalized spacial score (nSPS) is 10.5. The van der Waals surface area contributed by atoms with E-state index in [1.165, 1.54) is 12.1 Å². The van der Waals surface area contributed by atoms with Gasteiger partial charge in [-0.05, 0) is 24.6 Å². The van der Waals surface area contributed by atoms with Gasteiger partial charge in [0.1, 0.15) is 5.82 Å². The Labute approximate surface area is 87.2 Å². The molecule has 4 heteroatoms. The second-order valence-electron chi connectivity index (χ2n) is 3.51. The summed E-state index contributed by atoms with van der Waals surface area (Å²) in [5, 5.41) is 18.4. The van der Waals surface area contributed by atoms with E-state index in [2.05, 4.69) is 9.97 Å². The first kappa shape index (κ1) is 9.58. The van der Waals surface area contributed by atoms with Crippen LogP contribution in [-0.2, 0) is 6.42 Å². The summed E-state index contributed by atoms with van der Waals surface area (Å²) in [6.07, 6.45) is 2.37. The Bertz CT molecular complexity index is 477. The number of phenolic OH excluding ortho intramolecular Hbond substituents is 2. The highest BCUT2D eigenvalue weighted by molar-refractivity contribution is 5.41. The van der Waals surface area contributed by atoms with Crippen LogP contribution in [0.25, 0.3) is 0 Å². The minimum Gasteiger partial charge on any atom is -0.504 e. The monoisotopic (exact) mass is 204 g/mol. The summed E-state index contributed by atoms with van der Waals surface area (Å²) < 4.78 is 0. The summed E-state index contributed by atoms with van der Waals surface area (Å²) in [6, 6.07) is 4.76. The van der Waals surface area contributed by atoms with Gasteiger partial charge in [-0.25, -0.2) is 4.98 Å². The fourth-order valence-electron chi connectivity index (χ4n) is 1.43. The van der Waals surface area contributed by atoms with Crippen molar-refractivity contribution in [2.24, 2.45) is 0 Å². The zero-order valence-corrected chi connectivity index (χ0v) is 8.36. The molecule has 2 aromatic rings. The number of benzene rings is 1. The third kappa shape index (κ3) is 2.10. The molecule has 15 heavy (non-hydrogen) atoms. The molecule has 78 valence electrons. The minimum atomic E-state index is -0.102. The molecule has 2 rings (SSSR count). The first-order valence-electron chi connectivity index (χ1n) is 4.66. The molecule has 0 fully saturated rings. The van der Waals surface area contributed by atoms with Gasteiger partial charge < -0.3 is 15.2 Å². The maximum absolute atomic E-state index is 9.30. The summed E-state index contributed by atoms with van der Waals surface area (Å²) in [5.41, 5.74) is 1.91. The van der Waals surface area contributed by atoms with Gasteiger partial charge in [0.2, 0.25) is 0 Å². The smallest absolute Gasteiger partial charge is 0.157 e. The van der Waals surface area contributed by atoms with E-state index in [-0.39, 0.29) is 11.5 Å². The molecule has 1 heterocycles. The lowest BCUT2D eigenvalue weighted by Gasteiger charge is -2.01. The van der Waals surface area contributed by atoms with Gasteiger partial charge >= 0.3 is 0 Å². The molecule has 0 spiro atoms. The van der Waals surface area contributed by atoms with Crippen LogP contribution >= 0.6 is 0 Å². The quantitative estimate of drug-likeness (QED) is 0.652. The standard InChI is InChI=1S/C11H12N2O2/c1-7-6-12-11(13-7)5-8-2-3-9(14)10(15)4-8/h2-4,6,14-15H,5H2,1H3,(H,12,13). The number of hydrogen-bond acceptors (Lipinski definition) is 3. The zero-order chi connectivity index (χ0) is 10.8. The van der Waals surface area contributed by atoms with Gasteiger partial charge in [-0.2, -0.15) is 0 Å². The maximum Gasteiger partial charge on any atom is 0.157 e. The number of nitrogens with one attached hydrogen (secondary N) is 1. The molecular formula is C11H12N2O2. The van der Waals surface area contributed by atoms with Crippen molar-refractivity contribution < 1.29 is 10.2 Å². The molecule has 0 saturated heterocycles. The second-order valence-corrected chi connectivity index (χ2v) is 3.51. The number of aromatic hydroxyl groups is 2. The maximum atomic E-state index is 9.30. The predicted octanol–water partition coefficient (Wildman–Crippen LogP) is 1.72. The molecule has 0 saturated carbocycles. The van der Waals surface area contributed by atoms with Gasteiger partial charge in [-0.15, -0.1) is 0 Å². The molecule has 4 nitrogen and oxygen atoms in total. The minimum absolute atomic E-state index is 0.101. The summed E-state index contributed by atoms with van der Waals surface area (Å²) in [5.74, 6) is 0.641. The van der Waals surface area contributed by atoms with Crippen LogP contribution in [0.2, 0.25) is 0 Å². The van der Waals surface area contributed by atoms with Crippen molar-refractivity contribution in [3.63, 3.8) is 0 Å². The number of aromatic nitrogens is 2. The Morgan fingerprint density at radius 2 is 2.07 bits per heavy atom. The highest BCUT2D eigenvalue weighted by Crippen LogP contribution is 2.25. The molecular weight excluding hydrogens is 192 g/mol. The van der Waals surface area contributed by atoms with Gasteiger partial charge in [-0.1, -0.05) is 6.07 Å². The lowest BCUT2D eigenvalue weighted by Crippen LogP contribution is -1.90. The van der Waals surface area contributed by atoms with Gasteiger partial charge in [0.05, 0.1) is 0 Å². The van der Waals surface area contributed by atoms with E-state index >= 15 is 0 Å². The summed E-state index contributed by atoms with van der Waals surface area (Å²) in [4.78, 5) is 7.27. The number of imidazole rings is 1. The number of phenols is 2. The summed E-state index contributed by atoms with van der Waals surface area (Å²) >= 11 is 0. The number of H-pyrrole nitrogens is 1. The molecule has 0 atom stereocenters. The van der Waals surface area contributed by atoms with E-state index in [1.807, 2.05) is 6.92 Å². The number of hydrogen-bond donors (Lipinski definition) is 3. The molecule has 0 bridgehead atoms. The van der Waals surface area contributed by atoms with Crippen molar-refractivity contribution in [2.75, 3.05) is 0 Å². The van der Waals surface area contributed by atoms with E-state index in [0.717, 1.165) is 17.1 Å². The summed E-state index contributed by atoms with van der Waals surface area (Å²) in [7, 11) is 0. The Kier molecular flexibility index (Phi) is 2.33. The Morgan fingerprint density at radius 3 is 2.67 bits per heavy atom. The second kappa shape index (κ2) is 3.65. The highest BCUT2D eigenvalue weighted by atomic mass is 16.3. The third-order valence-corrected chi connectivity index (χ3v) is 2.17. The molecule has 0 radical (unpaired) electrons. The number of aromatic amines is 1. The fraction of sp³-hybridized carbons (Fsp3) is 0.182. The first-order chi connectivity index (χ1) is 7.15. The van der Waals surface area contributed by atoms with Crippen molar-refractivity contribution in [3.05, 3.63) is 41.5 Å². The van der Waals surface area contributed by atoms with E-state index in [0.29, 0.717) is 6.42 Å².